The molecule has 2 heterocycles. The number of rotatable bonds is 2. The Labute approximate surface area is 142 Å². The van der Waals surface area contributed by atoms with Crippen LogP contribution in [0.4, 0.5) is 9.18 Å². The van der Waals surface area contributed by atoms with Crippen LogP contribution in [0.15, 0.2) is 24.3 Å². The Bertz CT molecular complexity index is 611. The fourth-order valence-corrected chi connectivity index (χ4v) is 4.11. The summed E-state index contributed by atoms with van der Waals surface area (Å²) < 4.78 is 18.9. The first-order valence-corrected chi connectivity index (χ1v) is 8.63. The highest BCUT2D eigenvalue weighted by atomic mass is 19.1. The van der Waals surface area contributed by atoms with Crippen molar-refractivity contribution in [1.82, 2.24) is 4.90 Å². The summed E-state index contributed by atoms with van der Waals surface area (Å²) in [6, 6.07) is 6.37. The van der Waals surface area contributed by atoms with E-state index in [2.05, 4.69) is 0 Å². The van der Waals surface area contributed by atoms with Crippen LogP contribution in [-0.4, -0.2) is 39.4 Å². The highest BCUT2D eigenvalue weighted by molar-refractivity contribution is 5.69. The zero-order chi connectivity index (χ0) is 17.5. The van der Waals surface area contributed by atoms with Gasteiger partial charge in [0.25, 0.3) is 0 Å². The summed E-state index contributed by atoms with van der Waals surface area (Å²) in [5.74, 6) is -0.287. The molecule has 0 aromatic heterocycles. The summed E-state index contributed by atoms with van der Waals surface area (Å²) in [5.41, 5.74) is -0.619. The van der Waals surface area contributed by atoms with Gasteiger partial charge in [-0.2, -0.15) is 0 Å². The quantitative estimate of drug-likeness (QED) is 0.897. The Hall–Kier alpha value is -1.62. The maximum atomic E-state index is 13.4. The van der Waals surface area contributed by atoms with Crippen molar-refractivity contribution in [3.8, 4) is 0 Å². The van der Waals surface area contributed by atoms with Crippen LogP contribution in [0.5, 0.6) is 0 Å². The molecule has 2 atom stereocenters. The second-order valence-corrected chi connectivity index (χ2v) is 8.21. The van der Waals surface area contributed by atoms with Gasteiger partial charge in [0, 0.05) is 18.5 Å². The summed E-state index contributed by atoms with van der Waals surface area (Å²) >= 11 is 0. The van der Waals surface area contributed by atoms with E-state index in [0.717, 1.165) is 18.4 Å². The van der Waals surface area contributed by atoms with Crippen LogP contribution in [0.1, 0.15) is 52.0 Å². The van der Waals surface area contributed by atoms with Gasteiger partial charge in [-0.1, -0.05) is 12.1 Å². The van der Waals surface area contributed by atoms with Gasteiger partial charge >= 0.3 is 6.09 Å². The SMILES string of the molecule is CC(C)(C)OC(=O)N1C2CCC1CC(O)(Cc1cccc(F)c1)C2. The fraction of sp³-hybridized carbons (Fsp3) is 0.632. The lowest BCUT2D eigenvalue weighted by Gasteiger charge is -2.44. The van der Waals surface area contributed by atoms with E-state index in [1.165, 1.54) is 12.1 Å². The van der Waals surface area contributed by atoms with Crippen molar-refractivity contribution in [2.24, 2.45) is 0 Å². The van der Waals surface area contributed by atoms with Crippen LogP contribution in [0, 0.1) is 5.82 Å². The van der Waals surface area contributed by atoms with Crippen LogP contribution in [0.2, 0.25) is 0 Å². The highest BCUT2D eigenvalue weighted by Gasteiger charge is 2.50. The monoisotopic (exact) mass is 335 g/mol. The van der Waals surface area contributed by atoms with E-state index in [-0.39, 0.29) is 24.0 Å². The van der Waals surface area contributed by atoms with Crippen molar-refractivity contribution >= 4 is 6.09 Å². The number of benzene rings is 1. The van der Waals surface area contributed by atoms with Gasteiger partial charge in [0.15, 0.2) is 0 Å². The lowest BCUT2D eigenvalue weighted by molar-refractivity contribution is -0.0579. The van der Waals surface area contributed by atoms with Crippen LogP contribution in [0.25, 0.3) is 0 Å². The Kier molecular flexibility index (Phi) is 4.32. The number of fused-ring (bicyclic) bond motifs is 2. The number of halogens is 1. The third-order valence-electron chi connectivity index (χ3n) is 4.88. The molecule has 0 spiro atoms. The molecule has 0 saturated carbocycles. The second-order valence-electron chi connectivity index (χ2n) is 8.21. The van der Waals surface area contributed by atoms with Gasteiger partial charge in [-0.3, -0.25) is 0 Å². The molecule has 2 bridgehead atoms. The third-order valence-corrected chi connectivity index (χ3v) is 4.88. The molecule has 2 unspecified atom stereocenters. The number of amides is 1. The summed E-state index contributed by atoms with van der Waals surface area (Å²) in [6.45, 7) is 5.57. The molecule has 132 valence electrons. The summed E-state index contributed by atoms with van der Waals surface area (Å²) in [4.78, 5) is 14.3. The summed E-state index contributed by atoms with van der Waals surface area (Å²) in [5, 5.41) is 11.0. The zero-order valence-corrected chi connectivity index (χ0v) is 14.6. The molecular weight excluding hydrogens is 309 g/mol. The Balaban J connectivity index is 1.71. The average molecular weight is 335 g/mol. The van der Waals surface area contributed by atoms with Gasteiger partial charge in [0.05, 0.1) is 5.60 Å². The van der Waals surface area contributed by atoms with E-state index in [1.54, 1.807) is 6.07 Å². The lowest BCUT2D eigenvalue weighted by atomic mass is 9.81. The molecule has 1 aromatic rings. The van der Waals surface area contributed by atoms with E-state index in [9.17, 15) is 14.3 Å². The van der Waals surface area contributed by atoms with Gasteiger partial charge in [0.1, 0.15) is 11.4 Å². The van der Waals surface area contributed by atoms with E-state index in [4.69, 9.17) is 4.74 Å². The first-order chi connectivity index (χ1) is 11.2. The molecule has 1 aromatic carbocycles. The van der Waals surface area contributed by atoms with E-state index < -0.39 is 11.2 Å². The van der Waals surface area contributed by atoms with Gasteiger partial charge in [-0.25, -0.2) is 9.18 Å². The Morgan fingerprint density at radius 1 is 1.33 bits per heavy atom. The molecule has 0 aliphatic carbocycles. The van der Waals surface area contributed by atoms with Gasteiger partial charge < -0.3 is 14.7 Å². The molecule has 1 amide bonds. The van der Waals surface area contributed by atoms with Gasteiger partial charge in [-0.15, -0.1) is 0 Å². The lowest BCUT2D eigenvalue weighted by Crippen LogP contribution is -2.54. The van der Waals surface area contributed by atoms with Crippen LogP contribution in [0.3, 0.4) is 0 Å². The van der Waals surface area contributed by atoms with E-state index >= 15 is 0 Å². The minimum atomic E-state index is -0.891. The second kappa shape index (κ2) is 6.03. The number of carbonyl (C=O) groups excluding carboxylic acids is 1. The maximum absolute atomic E-state index is 13.4. The van der Waals surface area contributed by atoms with Crippen molar-refractivity contribution < 1.29 is 19.0 Å². The number of piperidine rings is 1. The molecule has 3 rings (SSSR count). The predicted molar refractivity (Wildman–Crippen MR) is 89.2 cm³/mol. The van der Waals surface area contributed by atoms with Crippen LogP contribution < -0.4 is 0 Å². The molecule has 1 N–H and O–H groups in total. The summed E-state index contributed by atoms with van der Waals surface area (Å²) in [6.07, 6.45) is 2.92. The molecule has 5 heteroatoms. The van der Waals surface area contributed by atoms with Crippen molar-refractivity contribution in [1.29, 1.82) is 0 Å². The number of ether oxygens (including phenoxy) is 1. The molecule has 4 nitrogen and oxygen atoms in total. The number of nitrogens with zero attached hydrogens (tertiary/aromatic N) is 1. The van der Waals surface area contributed by atoms with Crippen molar-refractivity contribution in [3.05, 3.63) is 35.6 Å². The average Bonchev–Trinajstić information content (AvgIpc) is 2.70. The topological polar surface area (TPSA) is 49.8 Å². The first kappa shape index (κ1) is 17.2. The third kappa shape index (κ3) is 3.72. The van der Waals surface area contributed by atoms with Gasteiger partial charge in [-0.05, 0) is 64.2 Å². The minimum absolute atomic E-state index is 0.00263. The number of hydrogen-bond acceptors (Lipinski definition) is 3. The molecular formula is C19H26FNO3. The van der Waals surface area contributed by atoms with Crippen molar-refractivity contribution in [2.45, 2.75) is 76.2 Å². The van der Waals surface area contributed by atoms with Crippen molar-refractivity contribution in [3.63, 3.8) is 0 Å². The van der Waals surface area contributed by atoms with E-state index in [1.807, 2.05) is 31.7 Å². The maximum Gasteiger partial charge on any atom is 0.410 e. The fourth-order valence-electron chi connectivity index (χ4n) is 4.11. The van der Waals surface area contributed by atoms with Crippen LogP contribution in [-0.2, 0) is 11.2 Å². The zero-order valence-electron chi connectivity index (χ0n) is 14.6. The standard InChI is InChI=1S/C19H26FNO3/c1-18(2,3)24-17(22)21-15-7-8-16(21)12-19(23,11-15)10-13-5-4-6-14(20)9-13/h4-6,9,15-16,23H,7-8,10-12H2,1-3H3. The number of aliphatic hydroxyl groups is 1. The first-order valence-electron chi connectivity index (χ1n) is 8.63. The number of carbonyl (C=O) groups is 1. The Morgan fingerprint density at radius 3 is 2.50 bits per heavy atom. The van der Waals surface area contributed by atoms with E-state index in [0.29, 0.717) is 19.3 Å². The molecule has 2 aliphatic heterocycles. The van der Waals surface area contributed by atoms with Crippen LogP contribution >= 0.6 is 0 Å². The molecule has 24 heavy (non-hydrogen) atoms. The Morgan fingerprint density at radius 2 is 1.96 bits per heavy atom. The molecule has 2 fully saturated rings. The summed E-state index contributed by atoms with van der Waals surface area (Å²) in [7, 11) is 0. The largest absolute Gasteiger partial charge is 0.444 e. The molecule has 2 saturated heterocycles. The number of hydrogen-bond donors (Lipinski definition) is 1. The predicted octanol–water partition coefficient (Wildman–Crippen LogP) is 3.66. The highest BCUT2D eigenvalue weighted by Crippen LogP contribution is 2.42. The molecule has 0 radical (unpaired) electrons. The normalized spacial score (nSPS) is 29.6. The minimum Gasteiger partial charge on any atom is -0.444 e. The van der Waals surface area contributed by atoms with Crippen molar-refractivity contribution in [2.75, 3.05) is 0 Å². The van der Waals surface area contributed by atoms with Gasteiger partial charge in [0.2, 0.25) is 0 Å². The smallest absolute Gasteiger partial charge is 0.410 e. The molecule has 2 aliphatic rings.